The Bertz CT molecular complexity index is 1040. The van der Waals surface area contributed by atoms with Crippen molar-refractivity contribution in [3.8, 4) is 5.75 Å². The van der Waals surface area contributed by atoms with Gasteiger partial charge in [0.2, 0.25) is 5.91 Å². The van der Waals surface area contributed by atoms with Gasteiger partial charge in [0.05, 0.1) is 12.8 Å². The zero-order valence-corrected chi connectivity index (χ0v) is 21.3. The molecular formula is C25H37N7O4. The number of primary amides is 1. The van der Waals surface area contributed by atoms with Gasteiger partial charge < -0.3 is 36.5 Å². The highest BCUT2D eigenvalue weighted by Crippen LogP contribution is 2.27. The number of amides is 2. The maximum Gasteiger partial charge on any atom is 0.271 e. The summed E-state index contributed by atoms with van der Waals surface area (Å²) >= 11 is 0. The molecule has 0 spiro atoms. The SMILES string of the molecule is CCc1nc(C(N)=O)c(Nc2cc(CCNC(=O)CCNC)cc(OC)c2)nc1NC1CCOCC1. The van der Waals surface area contributed by atoms with E-state index in [-0.39, 0.29) is 23.5 Å². The molecule has 1 aromatic heterocycles. The molecule has 11 nitrogen and oxygen atoms in total. The van der Waals surface area contributed by atoms with E-state index in [2.05, 4.69) is 26.3 Å². The number of nitrogens with one attached hydrogen (secondary N) is 4. The number of ether oxygens (including phenoxy) is 2. The predicted octanol–water partition coefficient (Wildman–Crippen LogP) is 1.75. The largest absolute Gasteiger partial charge is 0.497 e. The number of hydrogen-bond donors (Lipinski definition) is 5. The summed E-state index contributed by atoms with van der Waals surface area (Å²) in [5, 5.41) is 12.5. The summed E-state index contributed by atoms with van der Waals surface area (Å²) in [5.74, 6) is 0.867. The van der Waals surface area contributed by atoms with Crippen molar-refractivity contribution in [1.29, 1.82) is 0 Å². The first-order chi connectivity index (χ1) is 17.4. The van der Waals surface area contributed by atoms with Crippen LogP contribution < -0.4 is 31.7 Å². The first kappa shape index (κ1) is 27.2. The molecule has 196 valence electrons. The van der Waals surface area contributed by atoms with Crippen molar-refractivity contribution >= 4 is 29.1 Å². The van der Waals surface area contributed by atoms with Gasteiger partial charge in [0.25, 0.3) is 5.91 Å². The van der Waals surface area contributed by atoms with E-state index in [9.17, 15) is 9.59 Å². The average Bonchev–Trinajstić information content (AvgIpc) is 2.88. The van der Waals surface area contributed by atoms with E-state index >= 15 is 0 Å². The molecular weight excluding hydrogens is 462 g/mol. The van der Waals surface area contributed by atoms with E-state index in [1.807, 2.05) is 26.1 Å². The van der Waals surface area contributed by atoms with Crippen LogP contribution in [0.5, 0.6) is 5.75 Å². The Hall–Kier alpha value is -3.44. The van der Waals surface area contributed by atoms with Crippen LogP contribution in [0.25, 0.3) is 0 Å². The standard InChI is InChI=1S/C25H37N7O4/c1-4-20-24(29-17-7-11-36-12-8-17)32-25(22(31-20)23(26)34)30-18-13-16(14-19(15-18)35-3)5-10-28-21(33)6-9-27-2/h13-15,17,27H,4-12H2,1-3H3,(H2,26,34)(H,28,33)(H2,29,30,32). The van der Waals surface area contributed by atoms with Crippen molar-refractivity contribution in [3.05, 3.63) is 35.2 Å². The third-order valence-electron chi connectivity index (χ3n) is 5.90. The van der Waals surface area contributed by atoms with Gasteiger partial charge in [-0.05, 0) is 50.4 Å². The summed E-state index contributed by atoms with van der Waals surface area (Å²) in [6, 6.07) is 5.86. The molecule has 0 radical (unpaired) electrons. The monoisotopic (exact) mass is 499 g/mol. The summed E-state index contributed by atoms with van der Waals surface area (Å²) < 4.78 is 10.9. The quantitative estimate of drug-likeness (QED) is 0.277. The summed E-state index contributed by atoms with van der Waals surface area (Å²) in [7, 11) is 3.40. The molecule has 1 saturated heterocycles. The number of carbonyl (C=O) groups is 2. The minimum Gasteiger partial charge on any atom is -0.497 e. The lowest BCUT2D eigenvalue weighted by molar-refractivity contribution is -0.120. The Balaban J connectivity index is 1.82. The molecule has 6 N–H and O–H groups in total. The van der Waals surface area contributed by atoms with Crippen LogP contribution in [0.1, 0.15) is 47.9 Å². The molecule has 0 atom stereocenters. The number of carbonyl (C=O) groups excluding carboxylic acids is 2. The van der Waals surface area contributed by atoms with Crippen LogP contribution in [0.2, 0.25) is 0 Å². The Morgan fingerprint density at radius 1 is 1.14 bits per heavy atom. The highest BCUT2D eigenvalue weighted by atomic mass is 16.5. The Morgan fingerprint density at radius 2 is 1.92 bits per heavy atom. The fourth-order valence-corrected chi connectivity index (χ4v) is 3.93. The van der Waals surface area contributed by atoms with Crippen molar-refractivity contribution in [1.82, 2.24) is 20.6 Å². The number of rotatable bonds is 13. The first-order valence-corrected chi connectivity index (χ1v) is 12.3. The highest BCUT2D eigenvalue weighted by Gasteiger charge is 2.21. The van der Waals surface area contributed by atoms with Gasteiger partial charge >= 0.3 is 0 Å². The number of aromatic nitrogens is 2. The lowest BCUT2D eigenvalue weighted by Gasteiger charge is -2.25. The Kier molecular flexibility index (Phi) is 10.3. The van der Waals surface area contributed by atoms with Gasteiger partial charge in [-0.25, -0.2) is 9.97 Å². The van der Waals surface area contributed by atoms with E-state index in [1.165, 1.54) is 0 Å². The van der Waals surface area contributed by atoms with Crippen LogP contribution >= 0.6 is 0 Å². The summed E-state index contributed by atoms with van der Waals surface area (Å²) in [6.45, 7) is 4.47. The lowest BCUT2D eigenvalue weighted by Crippen LogP contribution is -2.29. The van der Waals surface area contributed by atoms with Crippen LogP contribution in [0.4, 0.5) is 17.3 Å². The van der Waals surface area contributed by atoms with Crippen LogP contribution in [-0.2, 0) is 22.4 Å². The van der Waals surface area contributed by atoms with Crippen LogP contribution in [-0.4, -0.2) is 68.3 Å². The van der Waals surface area contributed by atoms with Crippen molar-refractivity contribution in [3.63, 3.8) is 0 Å². The van der Waals surface area contributed by atoms with Gasteiger partial charge in [-0.1, -0.05) is 6.92 Å². The predicted molar refractivity (Wildman–Crippen MR) is 139 cm³/mol. The molecule has 2 amide bonds. The van der Waals surface area contributed by atoms with Crippen LogP contribution in [0.3, 0.4) is 0 Å². The van der Waals surface area contributed by atoms with Crippen molar-refractivity contribution < 1.29 is 19.1 Å². The van der Waals surface area contributed by atoms with Gasteiger partial charge in [0.1, 0.15) is 5.75 Å². The summed E-state index contributed by atoms with van der Waals surface area (Å²) in [4.78, 5) is 33.4. The van der Waals surface area contributed by atoms with E-state index in [1.54, 1.807) is 13.2 Å². The fourth-order valence-electron chi connectivity index (χ4n) is 3.93. The summed E-state index contributed by atoms with van der Waals surface area (Å²) in [5.41, 5.74) is 8.03. The number of hydrogen-bond acceptors (Lipinski definition) is 9. The van der Waals surface area contributed by atoms with Crippen LogP contribution in [0.15, 0.2) is 18.2 Å². The topological polar surface area (TPSA) is 153 Å². The molecule has 1 aliphatic heterocycles. The maximum atomic E-state index is 12.2. The molecule has 11 heteroatoms. The third kappa shape index (κ3) is 7.79. The molecule has 1 fully saturated rings. The zero-order chi connectivity index (χ0) is 25.9. The second-order valence-corrected chi connectivity index (χ2v) is 8.61. The zero-order valence-electron chi connectivity index (χ0n) is 21.3. The highest BCUT2D eigenvalue weighted by molar-refractivity contribution is 5.96. The number of aryl methyl sites for hydroxylation is 1. The van der Waals surface area contributed by atoms with Gasteiger partial charge in [-0.3, -0.25) is 9.59 Å². The molecule has 0 saturated carbocycles. The molecule has 2 aromatic rings. The molecule has 0 unspecified atom stereocenters. The van der Waals surface area contributed by atoms with E-state index in [4.69, 9.17) is 20.2 Å². The second-order valence-electron chi connectivity index (χ2n) is 8.61. The maximum absolute atomic E-state index is 12.2. The number of nitrogens with zero attached hydrogens (tertiary/aromatic N) is 2. The Morgan fingerprint density at radius 3 is 2.58 bits per heavy atom. The number of benzene rings is 1. The average molecular weight is 500 g/mol. The number of nitrogens with two attached hydrogens (primary N) is 1. The molecule has 3 rings (SSSR count). The molecule has 0 bridgehead atoms. The van der Waals surface area contributed by atoms with Crippen molar-refractivity contribution in [2.45, 2.75) is 45.1 Å². The minimum absolute atomic E-state index is 0.00691. The Labute approximate surface area is 211 Å². The third-order valence-corrected chi connectivity index (χ3v) is 5.90. The second kappa shape index (κ2) is 13.6. The lowest BCUT2D eigenvalue weighted by atomic mass is 10.1. The minimum atomic E-state index is -0.662. The van der Waals surface area contributed by atoms with Crippen molar-refractivity contribution in [2.24, 2.45) is 5.73 Å². The van der Waals surface area contributed by atoms with E-state index in [0.717, 1.165) is 18.4 Å². The molecule has 1 aliphatic rings. The first-order valence-electron chi connectivity index (χ1n) is 12.3. The number of methoxy groups -OCH3 is 1. The van der Waals surface area contributed by atoms with Gasteiger partial charge in [-0.2, -0.15) is 0 Å². The molecule has 2 heterocycles. The molecule has 0 aliphatic carbocycles. The van der Waals surface area contributed by atoms with E-state index < -0.39 is 5.91 Å². The van der Waals surface area contributed by atoms with E-state index in [0.29, 0.717) is 68.5 Å². The van der Waals surface area contributed by atoms with Gasteiger partial charge in [0, 0.05) is 50.5 Å². The van der Waals surface area contributed by atoms with Gasteiger partial charge in [0.15, 0.2) is 17.3 Å². The van der Waals surface area contributed by atoms with Gasteiger partial charge in [-0.15, -0.1) is 0 Å². The normalized spacial score (nSPS) is 13.8. The molecule has 36 heavy (non-hydrogen) atoms. The van der Waals surface area contributed by atoms with Crippen molar-refractivity contribution in [2.75, 3.05) is 51.1 Å². The number of anilines is 3. The summed E-state index contributed by atoms with van der Waals surface area (Å²) in [6.07, 6.45) is 3.37. The van der Waals surface area contributed by atoms with Crippen LogP contribution in [0, 0.1) is 0 Å². The molecule has 1 aromatic carbocycles. The fraction of sp³-hybridized carbons (Fsp3) is 0.520. The smallest absolute Gasteiger partial charge is 0.271 e.